The zero-order valence-electron chi connectivity index (χ0n) is 21.2. The minimum Gasteiger partial charge on any atom is -0.496 e. The predicted octanol–water partition coefficient (Wildman–Crippen LogP) is 8.78. The van der Waals surface area contributed by atoms with Gasteiger partial charge >= 0.3 is 24.7 Å². The van der Waals surface area contributed by atoms with E-state index in [9.17, 15) is 66.7 Å². The van der Waals surface area contributed by atoms with Crippen molar-refractivity contribution >= 4 is 49.3 Å². The number of methoxy groups -OCH3 is 2. The molecule has 4 rings (SSSR count). The fourth-order valence-corrected chi connectivity index (χ4v) is 4.39. The van der Waals surface area contributed by atoms with Crippen LogP contribution in [0.3, 0.4) is 0 Å². The molecule has 6 nitrogen and oxygen atoms in total. The van der Waals surface area contributed by atoms with Gasteiger partial charge in [-0.25, -0.2) is 4.39 Å². The van der Waals surface area contributed by atoms with E-state index in [1.165, 1.54) is 7.11 Å². The number of fused-ring (bicyclic) bond motifs is 2. The van der Waals surface area contributed by atoms with Gasteiger partial charge in [-0.15, -0.1) is 0 Å². The van der Waals surface area contributed by atoms with E-state index in [1.54, 1.807) is 4.98 Å². The summed E-state index contributed by atoms with van der Waals surface area (Å²) in [6.45, 7) is 0. The third-order valence-electron chi connectivity index (χ3n) is 5.68. The molecule has 0 aliphatic carbocycles. The molecule has 2 aromatic heterocycles. The number of hydrogen-bond acceptors (Lipinski definition) is 4. The number of Topliss-reactive ketones (excluding diaryl/α,β-unsaturated/α-hetero) is 2. The van der Waals surface area contributed by atoms with Crippen LogP contribution in [0.5, 0.6) is 11.5 Å². The highest BCUT2D eigenvalue weighted by atomic mass is 79.9. The first-order valence-corrected chi connectivity index (χ1v) is 11.9. The summed E-state index contributed by atoms with van der Waals surface area (Å²) in [7, 11) is 2.17. The van der Waals surface area contributed by atoms with Crippen molar-refractivity contribution < 1.29 is 76.1 Å². The zero-order chi connectivity index (χ0) is 33.7. The maximum Gasteiger partial charge on any atom is 0.454 e. The molecule has 0 amide bonds. The van der Waals surface area contributed by atoms with E-state index < -0.39 is 86.6 Å². The van der Waals surface area contributed by atoms with Gasteiger partial charge in [0.1, 0.15) is 17.1 Å². The van der Waals surface area contributed by atoms with Crippen LogP contribution in [0, 0.1) is 5.82 Å². The Morgan fingerprint density at radius 3 is 1.34 bits per heavy atom. The number of aromatic amines is 2. The molecule has 0 radical (unpaired) electrons. The minimum absolute atomic E-state index is 0.00329. The van der Waals surface area contributed by atoms with Crippen molar-refractivity contribution in [2.45, 2.75) is 24.7 Å². The number of carbonyl (C=O) groups is 2. The van der Waals surface area contributed by atoms with Crippen LogP contribution in [0.25, 0.3) is 21.8 Å². The maximum atomic E-state index is 13.5. The predicted molar refractivity (Wildman–Crippen MR) is 128 cm³/mol. The molecule has 2 N–H and O–H groups in total. The monoisotopic (exact) mass is 718 g/mol. The van der Waals surface area contributed by atoms with E-state index >= 15 is 0 Å². The lowest BCUT2D eigenvalue weighted by molar-refractivity contribution is -0.142. The lowest BCUT2D eigenvalue weighted by atomic mass is 10.1. The van der Waals surface area contributed by atoms with Crippen molar-refractivity contribution in [2.24, 2.45) is 0 Å². The Bertz CT molecular complexity index is 1620. The molecular weight excluding hydrogens is 707 g/mol. The van der Waals surface area contributed by atoms with Gasteiger partial charge in [-0.2, -0.15) is 52.7 Å². The highest BCUT2D eigenvalue weighted by Crippen LogP contribution is 2.42. The van der Waals surface area contributed by atoms with Gasteiger partial charge in [0.25, 0.3) is 11.6 Å². The lowest BCUT2D eigenvalue weighted by Crippen LogP contribution is -2.25. The first kappa shape index (κ1) is 34.5. The topological polar surface area (TPSA) is 84.2 Å². The van der Waals surface area contributed by atoms with Crippen LogP contribution in [0.15, 0.2) is 28.7 Å². The van der Waals surface area contributed by atoms with Gasteiger partial charge in [0, 0.05) is 27.9 Å². The normalized spacial score (nSPS) is 12.7. The first-order valence-electron chi connectivity index (χ1n) is 11.1. The van der Waals surface area contributed by atoms with Gasteiger partial charge < -0.3 is 19.4 Å². The molecular formula is C24H12BrF13N2O4. The number of benzene rings is 2. The van der Waals surface area contributed by atoms with E-state index in [4.69, 9.17) is 4.74 Å². The van der Waals surface area contributed by atoms with Crippen LogP contribution in [-0.2, 0) is 12.4 Å². The molecule has 44 heavy (non-hydrogen) atoms. The summed E-state index contributed by atoms with van der Waals surface area (Å²) in [5, 5.41) is -1.25. The van der Waals surface area contributed by atoms with Crippen molar-refractivity contribution in [3.8, 4) is 11.5 Å². The van der Waals surface area contributed by atoms with Crippen molar-refractivity contribution in [1.29, 1.82) is 0 Å². The Hall–Kier alpha value is -3.97. The molecule has 0 spiro atoms. The summed E-state index contributed by atoms with van der Waals surface area (Å²) < 4.78 is 176. The highest BCUT2D eigenvalue weighted by molar-refractivity contribution is 9.10. The Morgan fingerprint density at radius 1 is 0.636 bits per heavy atom. The molecule has 0 aliphatic rings. The molecule has 0 saturated heterocycles. The summed E-state index contributed by atoms with van der Waals surface area (Å²) >= 11 is 3.00. The second-order valence-electron chi connectivity index (χ2n) is 8.46. The molecule has 20 heteroatoms. The summed E-state index contributed by atoms with van der Waals surface area (Å²) in [5.74, 6) is -6.93. The van der Waals surface area contributed by atoms with E-state index in [2.05, 4.69) is 20.7 Å². The summed E-state index contributed by atoms with van der Waals surface area (Å²) in [5.41, 5.74) is -7.60. The molecule has 0 bridgehead atoms. The summed E-state index contributed by atoms with van der Waals surface area (Å²) in [6, 6.07) is 3.17. The Morgan fingerprint density at radius 2 is 1.00 bits per heavy atom. The molecule has 240 valence electrons. The fourth-order valence-electron chi connectivity index (χ4n) is 3.88. The Balaban J connectivity index is 0.000000240. The third-order valence-corrected chi connectivity index (χ3v) is 6.30. The quantitative estimate of drug-likeness (QED) is 0.163. The summed E-state index contributed by atoms with van der Waals surface area (Å²) in [6.07, 6.45) is -21.3. The molecule has 0 fully saturated rings. The largest absolute Gasteiger partial charge is 0.496 e. The molecule has 2 aromatic carbocycles. The van der Waals surface area contributed by atoms with Crippen LogP contribution in [0.2, 0.25) is 0 Å². The van der Waals surface area contributed by atoms with Crippen LogP contribution in [0.1, 0.15) is 32.1 Å². The number of H-pyrrole nitrogens is 2. The number of ketones is 2. The van der Waals surface area contributed by atoms with Gasteiger partial charge in [-0.3, -0.25) is 9.59 Å². The number of carbonyl (C=O) groups excluding carboxylic acids is 2. The van der Waals surface area contributed by atoms with Gasteiger partial charge in [-0.05, 0) is 34.1 Å². The standard InChI is InChI=1S/C12H6BrF6NO2.C12H6F7NO2/c2*1-22-7-2-4-6(3-5(7)13)20-9(11(14,15)16)8(4)10(21)12(17,18)19/h2*2-3,20H,1H3. The molecule has 0 unspecified atom stereocenters. The van der Waals surface area contributed by atoms with E-state index in [0.29, 0.717) is 12.1 Å². The first-order chi connectivity index (χ1) is 19.9. The van der Waals surface area contributed by atoms with Gasteiger partial charge in [0.15, 0.2) is 11.6 Å². The van der Waals surface area contributed by atoms with Crippen LogP contribution in [-0.4, -0.2) is 48.1 Å². The second-order valence-corrected chi connectivity index (χ2v) is 9.32. The average Bonchev–Trinajstić information content (AvgIpc) is 3.43. The smallest absolute Gasteiger partial charge is 0.454 e. The van der Waals surface area contributed by atoms with E-state index in [-0.39, 0.29) is 15.7 Å². The molecule has 2 heterocycles. The number of rotatable bonds is 4. The highest BCUT2D eigenvalue weighted by Gasteiger charge is 2.48. The number of aromatic nitrogens is 2. The maximum absolute atomic E-state index is 13.5. The minimum atomic E-state index is -5.52. The molecule has 4 aromatic rings. The van der Waals surface area contributed by atoms with Crippen molar-refractivity contribution in [2.75, 3.05) is 14.2 Å². The fraction of sp³-hybridized carbons (Fsp3) is 0.250. The Kier molecular flexibility index (Phi) is 9.03. The van der Waals surface area contributed by atoms with Gasteiger partial charge in [0.05, 0.1) is 29.8 Å². The Labute approximate surface area is 243 Å². The molecule has 0 saturated carbocycles. The number of hydrogen-bond donors (Lipinski definition) is 2. The second kappa shape index (κ2) is 11.5. The zero-order valence-corrected chi connectivity index (χ0v) is 22.8. The van der Waals surface area contributed by atoms with E-state index in [1.807, 2.05) is 4.98 Å². The number of halogens is 14. The SMILES string of the molecule is COc1cc2c(C(=O)C(F)(F)F)c(C(F)(F)F)[nH]c2cc1Br.COc1cc2c(C(=O)C(F)(F)F)c(C(F)(F)F)[nH]c2cc1F. The number of ether oxygens (including phenoxy) is 2. The molecule has 0 aliphatic heterocycles. The third kappa shape index (κ3) is 6.73. The summed E-state index contributed by atoms with van der Waals surface area (Å²) in [4.78, 5) is 26.1. The number of nitrogens with one attached hydrogen (secondary N) is 2. The van der Waals surface area contributed by atoms with Crippen molar-refractivity contribution in [3.05, 3.63) is 57.1 Å². The van der Waals surface area contributed by atoms with Crippen molar-refractivity contribution in [1.82, 2.24) is 9.97 Å². The average molecular weight is 719 g/mol. The van der Waals surface area contributed by atoms with Crippen LogP contribution < -0.4 is 9.47 Å². The van der Waals surface area contributed by atoms with Crippen LogP contribution in [0.4, 0.5) is 57.1 Å². The van der Waals surface area contributed by atoms with Crippen LogP contribution >= 0.6 is 15.9 Å². The molecule has 0 atom stereocenters. The lowest BCUT2D eigenvalue weighted by Gasteiger charge is -2.09. The number of alkyl halides is 12. The van der Waals surface area contributed by atoms with Crippen molar-refractivity contribution in [3.63, 3.8) is 0 Å². The van der Waals surface area contributed by atoms with Gasteiger partial charge in [0.2, 0.25) is 0 Å². The van der Waals surface area contributed by atoms with E-state index in [0.717, 1.165) is 19.2 Å². The van der Waals surface area contributed by atoms with Gasteiger partial charge in [-0.1, -0.05) is 0 Å².